The van der Waals surface area contributed by atoms with E-state index in [0.29, 0.717) is 5.33 Å². The van der Waals surface area contributed by atoms with Crippen LogP contribution in [0, 0.1) is 5.82 Å². The summed E-state index contributed by atoms with van der Waals surface area (Å²) in [5.74, 6) is -0.917. The summed E-state index contributed by atoms with van der Waals surface area (Å²) in [7, 11) is 0. The number of benzene rings is 1. The highest BCUT2D eigenvalue weighted by Gasteiger charge is 2.12. The Kier molecular flexibility index (Phi) is 4.07. The van der Waals surface area contributed by atoms with E-state index in [9.17, 15) is 9.18 Å². The molecule has 0 aliphatic rings. The average Bonchev–Trinajstić information content (AvgIpc) is 2.18. The van der Waals surface area contributed by atoms with E-state index < -0.39 is 11.8 Å². The van der Waals surface area contributed by atoms with Crippen LogP contribution in [-0.4, -0.2) is 12.6 Å². The van der Waals surface area contributed by atoms with E-state index in [1.165, 1.54) is 12.1 Å². The third kappa shape index (κ3) is 2.54. The Hall–Kier alpha value is -0.900. The molecule has 0 aliphatic carbocycles. The Morgan fingerprint density at radius 3 is 2.86 bits per heavy atom. The van der Waals surface area contributed by atoms with Gasteiger partial charge >= 0.3 is 5.97 Å². The molecule has 76 valence electrons. The second kappa shape index (κ2) is 5.10. The SMILES string of the molecule is CCOC(=O)c1cc(F)ccc1CBr. The zero-order chi connectivity index (χ0) is 10.6. The molecule has 0 aromatic heterocycles. The normalized spacial score (nSPS) is 9.93. The number of halogens is 2. The van der Waals surface area contributed by atoms with Crippen LogP contribution in [0.3, 0.4) is 0 Å². The van der Waals surface area contributed by atoms with Crippen molar-refractivity contribution in [3.63, 3.8) is 0 Å². The third-order valence-corrected chi connectivity index (χ3v) is 2.32. The molecule has 0 fully saturated rings. The molecule has 14 heavy (non-hydrogen) atoms. The fourth-order valence-electron chi connectivity index (χ4n) is 1.06. The Morgan fingerprint density at radius 2 is 2.29 bits per heavy atom. The van der Waals surface area contributed by atoms with Crippen LogP contribution in [0.2, 0.25) is 0 Å². The lowest BCUT2D eigenvalue weighted by atomic mass is 10.1. The van der Waals surface area contributed by atoms with Gasteiger partial charge in [-0.05, 0) is 24.6 Å². The summed E-state index contributed by atoms with van der Waals surface area (Å²) in [5.41, 5.74) is 1.01. The van der Waals surface area contributed by atoms with Crippen LogP contribution in [0.25, 0.3) is 0 Å². The summed E-state index contributed by atoms with van der Waals surface area (Å²) in [6.45, 7) is 2.00. The molecule has 0 amide bonds. The summed E-state index contributed by atoms with van der Waals surface area (Å²) in [5, 5.41) is 0.501. The monoisotopic (exact) mass is 260 g/mol. The molecule has 0 N–H and O–H groups in total. The minimum absolute atomic E-state index is 0.281. The van der Waals surface area contributed by atoms with Gasteiger partial charge in [0.2, 0.25) is 0 Å². The topological polar surface area (TPSA) is 26.3 Å². The van der Waals surface area contributed by atoms with Crippen molar-refractivity contribution in [1.82, 2.24) is 0 Å². The van der Waals surface area contributed by atoms with E-state index in [0.717, 1.165) is 5.56 Å². The van der Waals surface area contributed by atoms with Gasteiger partial charge in [-0.3, -0.25) is 0 Å². The molecule has 0 radical (unpaired) electrons. The van der Waals surface area contributed by atoms with Crippen LogP contribution >= 0.6 is 15.9 Å². The number of carbonyl (C=O) groups excluding carboxylic acids is 1. The van der Waals surface area contributed by atoms with Gasteiger partial charge in [-0.15, -0.1) is 0 Å². The zero-order valence-electron chi connectivity index (χ0n) is 7.72. The molecule has 0 spiro atoms. The molecule has 2 nitrogen and oxygen atoms in total. The molecule has 1 aromatic carbocycles. The fourth-order valence-corrected chi connectivity index (χ4v) is 1.55. The van der Waals surface area contributed by atoms with Gasteiger partial charge in [0.15, 0.2) is 0 Å². The third-order valence-electron chi connectivity index (χ3n) is 1.71. The number of rotatable bonds is 3. The molecule has 1 rings (SSSR count). The van der Waals surface area contributed by atoms with Gasteiger partial charge in [-0.1, -0.05) is 22.0 Å². The van der Waals surface area contributed by atoms with Crippen molar-refractivity contribution in [2.24, 2.45) is 0 Å². The molecule has 0 saturated carbocycles. The van der Waals surface area contributed by atoms with E-state index in [1.54, 1.807) is 13.0 Å². The first-order valence-corrected chi connectivity index (χ1v) is 5.32. The Bertz CT molecular complexity index is 339. The molecule has 0 unspecified atom stereocenters. The quantitative estimate of drug-likeness (QED) is 0.617. The largest absolute Gasteiger partial charge is 0.462 e. The lowest BCUT2D eigenvalue weighted by Crippen LogP contribution is -2.07. The number of hydrogen-bond donors (Lipinski definition) is 0. The number of ether oxygens (including phenoxy) is 1. The molecule has 1 aromatic rings. The second-order valence-corrected chi connectivity index (χ2v) is 3.22. The predicted octanol–water partition coefficient (Wildman–Crippen LogP) is 2.90. The summed E-state index contributed by atoms with van der Waals surface area (Å²) in [6.07, 6.45) is 0. The zero-order valence-corrected chi connectivity index (χ0v) is 9.30. The van der Waals surface area contributed by atoms with Crippen LogP contribution in [0.1, 0.15) is 22.8 Å². The maximum atomic E-state index is 12.9. The highest BCUT2D eigenvalue weighted by atomic mass is 79.9. The van der Waals surface area contributed by atoms with Gasteiger partial charge in [0.25, 0.3) is 0 Å². The molecular weight excluding hydrogens is 251 g/mol. The van der Waals surface area contributed by atoms with Crippen molar-refractivity contribution in [2.75, 3.05) is 6.61 Å². The number of esters is 1. The Labute approximate surface area is 90.2 Å². The number of alkyl halides is 1. The van der Waals surface area contributed by atoms with Gasteiger partial charge < -0.3 is 4.74 Å². The van der Waals surface area contributed by atoms with Crippen molar-refractivity contribution < 1.29 is 13.9 Å². The first kappa shape index (κ1) is 11.2. The average molecular weight is 261 g/mol. The van der Waals surface area contributed by atoms with Crippen LogP contribution in [-0.2, 0) is 10.1 Å². The van der Waals surface area contributed by atoms with Crippen molar-refractivity contribution >= 4 is 21.9 Å². The van der Waals surface area contributed by atoms with E-state index in [1.807, 2.05) is 0 Å². The van der Waals surface area contributed by atoms with Crippen LogP contribution in [0.15, 0.2) is 18.2 Å². The van der Waals surface area contributed by atoms with E-state index in [2.05, 4.69) is 15.9 Å². The standard InChI is InChI=1S/C10H10BrFO2/c1-2-14-10(13)9-5-8(12)4-3-7(9)6-11/h3-5H,2,6H2,1H3. The number of hydrogen-bond acceptors (Lipinski definition) is 2. The van der Waals surface area contributed by atoms with Crippen molar-refractivity contribution in [2.45, 2.75) is 12.3 Å². The highest BCUT2D eigenvalue weighted by molar-refractivity contribution is 9.08. The number of carbonyl (C=O) groups is 1. The van der Waals surface area contributed by atoms with Gasteiger partial charge in [0.05, 0.1) is 12.2 Å². The Morgan fingerprint density at radius 1 is 1.57 bits per heavy atom. The van der Waals surface area contributed by atoms with E-state index in [4.69, 9.17) is 4.74 Å². The maximum Gasteiger partial charge on any atom is 0.338 e. The van der Waals surface area contributed by atoms with Crippen molar-refractivity contribution in [3.8, 4) is 0 Å². The smallest absolute Gasteiger partial charge is 0.338 e. The van der Waals surface area contributed by atoms with Gasteiger partial charge in [-0.2, -0.15) is 0 Å². The van der Waals surface area contributed by atoms with Crippen LogP contribution in [0.5, 0.6) is 0 Å². The molecule has 0 saturated heterocycles. The summed E-state index contributed by atoms with van der Waals surface area (Å²) in [4.78, 5) is 11.4. The predicted molar refractivity (Wildman–Crippen MR) is 55.0 cm³/mol. The summed E-state index contributed by atoms with van der Waals surface area (Å²) < 4.78 is 17.7. The molecule has 0 aliphatic heterocycles. The minimum Gasteiger partial charge on any atom is -0.462 e. The van der Waals surface area contributed by atoms with Crippen molar-refractivity contribution in [1.29, 1.82) is 0 Å². The second-order valence-electron chi connectivity index (χ2n) is 2.66. The van der Waals surface area contributed by atoms with E-state index in [-0.39, 0.29) is 12.2 Å². The summed E-state index contributed by atoms with van der Waals surface area (Å²) in [6, 6.07) is 4.07. The van der Waals surface area contributed by atoms with Gasteiger partial charge in [-0.25, -0.2) is 9.18 Å². The van der Waals surface area contributed by atoms with Crippen LogP contribution < -0.4 is 0 Å². The molecular formula is C10H10BrFO2. The molecule has 0 heterocycles. The molecule has 4 heteroatoms. The van der Waals surface area contributed by atoms with Crippen LogP contribution in [0.4, 0.5) is 4.39 Å². The first-order valence-electron chi connectivity index (χ1n) is 4.20. The molecule has 0 atom stereocenters. The lowest BCUT2D eigenvalue weighted by Gasteiger charge is -2.06. The van der Waals surface area contributed by atoms with E-state index >= 15 is 0 Å². The van der Waals surface area contributed by atoms with Crippen molar-refractivity contribution in [3.05, 3.63) is 35.1 Å². The maximum absolute atomic E-state index is 12.9. The highest BCUT2D eigenvalue weighted by Crippen LogP contribution is 2.15. The first-order chi connectivity index (χ1) is 6.69. The Balaban J connectivity index is 3.03. The van der Waals surface area contributed by atoms with Gasteiger partial charge in [0, 0.05) is 5.33 Å². The van der Waals surface area contributed by atoms with Gasteiger partial charge in [0.1, 0.15) is 5.82 Å². The minimum atomic E-state index is -0.485. The lowest BCUT2D eigenvalue weighted by molar-refractivity contribution is 0.0525. The fraction of sp³-hybridized carbons (Fsp3) is 0.300. The molecule has 0 bridgehead atoms. The summed E-state index contributed by atoms with van der Waals surface area (Å²) >= 11 is 3.22.